The van der Waals surface area contributed by atoms with E-state index in [9.17, 15) is 0 Å². The molecule has 0 saturated carbocycles. The Morgan fingerprint density at radius 2 is 1.18 bits per heavy atom. The van der Waals surface area contributed by atoms with Gasteiger partial charge < -0.3 is 5.11 Å². The molecular formula is C4H4Cl6O. The van der Waals surface area contributed by atoms with Crippen molar-refractivity contribution in [3.63, 3.8) is 0 Å². The lowest BCUT2D eigenvalue weighted by Crippen LogP contribution is -2.48. The van der Waals surface area contributed by atoms with E-state index in [0.29, 0.717) is 0 Å². The maximum atomic E-state index is 8.98. The van der Waals surface area contributed by atoms with Crippen LogP contribution < -0.4 is 0 Å². The summed E-state index contributed by atoms with van der Waals surface area (Å²) in [5.74, 6) is 0. The van der Waals surface area contributed by atoms with Crippen molar-refractivity contribution in [1.29, 1.82) is 0 Å². The van der Waals surface area contributed by atoms with E-state index in [-0.39, 0.29) is 0 Å². The molecule has 0 radical (unpaired) electrons. The summed E-state index contributed by atoms with van der Waals surface area (Å²) in [5, 5.41) is 8.98. The zero-order valence-corrected chi connectivity index (χ0v) is 9.75. The summed E-state index contributed by atoms with van der Waals surface area (Å²) < 4.78 is -6.13. The van der Waals surface area contributed by atoms with E-state index in [4.69, 9.17) is 74.7 Å². The van der Waals surface area contributed by atoms with Gasteiger partial charge in [-0.2, -0.15) is 0 Å². The lowest BCUT2D eigenvalue weighted by molar-refractivity contribution is 0.189. The molecule has 0 unspecified atom stereocenters. The first-order valence-electron chi connectivity index (χ1n) is 2.36. The first kappa shape index (κ1) is 12.7. The monoisotopic (exact) mass is 278 g/mol. The van der Waals surface area contributed by atoms with Crippen molar-refractivity contribution in [3.8, 4) is 0 Å². The van der Waals surface area contributed by atoms with E-state index < -0.39 is 13.2 Å². The zero-order valence-electron chi connectivity index (χ0n) is 5.22. The average molecular weight is 281 g/mol. The van der Waals surface area contributed by atoms with Crippen LogP contribution in [0.5, 0.6) is 0 Å². The number of hydrogen-bond acceptors (Lipinski definition) is 1. The summed E-state index contributed by atoms with van der Waals surface area (Å²) in [6.07, 6.45) is 0. The van der Waals surface area contributed by atoms with Gasteiger partial charge in [0.25, 0.3) is 4.52 Å². The van der Waals surface area contributed by atoms with Crippen molar-refractivity contribution < 1.29 is 5.11 Å². The van der Waals surface area contributed by atoms with E-state index in [1.54, 1.807) is 0 Å². The molecule has 11 heavy (non-hydrogen) atoms. The van der Waals surface area contributed by atoms with E-state index >= 15 is 0 Å². The second-order valence-electron chi connectivity index (χ2n) is 2.00. The standard InChI is InChI=1S/C4H4Cl6O/c1-2(5,6)3(7,8)4(9,10)11/h11H,1H3. The lowest BCUT2D eigenvalue weighted by atomic mass is 10.3. The highest BCUT2D eigenvalue weighted by atomic mass is 35.5. The molecule has 1 nitrogen and oxygen atoms in total. The molecule has 0 fully saturated rings. The van der Waals surface area contributed by atoms with Crippen LogP contribution in [0.2, 0.25) is 0 Å². The van der Waals surface area contributed by atoms with Gasteiger partial charge >= 0.3 is 0 Å². The highest BCUT2D eigenvalue weighted by Crippen LogP contribution is 2.52. The van der Waals surface area contributed by atoms with Gasteiger partial charge in [-0.1, -0.05) is 69.6 Å². The first-order chi connectivity index (χ1) is 4.50. The predicted octanol–water partition coefficient (Wildman–Crippen LogP) is 3.48. The summed E-state index contributed by atoms with van der Waals surface area (Å²) in [7, 11) is 0. The minimum atomic E-state index is -2.41. The second kappa shape index (κ2) is 3.45. The molecule has 0 spiro atoms. The Morgan fingerprint density at radius 1 is 0.909 bits per heavy atom. The molecule has 0 amide bonds. The fraction of sp³-hybridized carbons (Fsp3) is 1.00. The maximum absolute atomic E-state index is 8.98. The van der Waals surface area contributed by atoms with Crippen molar-refractivity contribution in [2.24, 2.45) is 0 Å². The van der Waals surface area contributed by atoms with E-state index in [1.807, 2.05) is 0 Å². The van der Waals surface area contributed by atoms with Crippen LogP contribution >= 0.6 is 69.6 Å². The third-order valence-corrected chi connectivity index (χ3v) is 4.14. The minimum Gasteiger partial charge on any atom is -0.360 e. The maximum Gasteiger partial charge on any atom is 0.251 e. The Morgan fingerprint density at radius 3 is 1.18 bits per heavy atom. The molecule has 0 atom stereocenters. The molecule has 0 heterocycles. The van der Waals surface area contributed by atoms with Crippen LogP contribution in [-0.4, -0.2) is 18.3 Å². The van der Waals surface area contributed by atoms with Gasteiger partial charge in [-0.3, -0.25) is 0 Å². The molecule has 0 aromatic carbocycles. The molecule has 0 saturated heterocycles. The molecule has 0 bridgehead atoms. The Balaban J connectivity index is 4.75. The van der Waals surface area contributed by atoms with Gasteiger partial charge in [0, 0.05) is 0 Å². The van der Waals surface area contributed by atoms with Crippen LogP contribution in [-0.2, 0) is 0 Å². The summed E-state index contributed by atoms with van der Waals surface area (Å²) in [6, 6.07) is 0. The zero-order chi connectivity index (χ0) is 9.50. The van der Waals surface area contributed by atoms with Gasteiger partial charge in [0.05, 0.1) is 0 Å². The van der Waals surface area contributed by atoms with Gasteiger partial charge in [-0.15, -0.1) is 0 Å². The molecular weight excluding hydrogens is 277 g/mol. The second-order valence-corrected chi connectivity index (χ2v) is 6.32. The van der Waals surface area contributed by atoms with Gasteiger partial charge in [0.15, 0.2) is 4.33 Å². The minimum absolute atomic E-state index is 1.26. The van der Waals surface area contributed by atoms with Crippen molar-refractivity contribution >= 4 is 69.6 Å². The number of hydrogen-bond donors (Lipinski definition) is 1. The first-order valence-corrected chi connectivity index (χ1v) is 4.63. The Bertz CT molecular complexity index is 126. The molecule has 7 heteroatoms. The molecule has 68 valence electrons. The Hall–Kier alpha value is 1.70. The third kappa shape index (κ3) is 2.84. The Kier molecular flexibility index (Phi) is 3.99. The normalized spacial score (nSPS) is 15.3. The molecule has 0 rings (SSSR count). The lowest BCUT2D eigenvalue weighted by Gasteiger charge is -2.35. The van der Waals surface area contributed by atoms with Gasteiger partial charge in [0.2, 0.25) is 4.33 Å². The summed E-state index contributed by atoms with van der Waals surface area (Å²) in [5.41, 5.74) is 0. The van der Waals surface area contributed by atoms with Crippen LogP contribution in [0.3, 0.4) is 0 Å². The molecule has 1 N–H and O–H groups in total. The number of halogens is 6. The third-order valence-electron chi connectivity index (χ3n) is 0.929. The topological polar surface area (TPSA) is 20.2 Å². The number of alkyl halides is 6. The molecule has 0 aliphatic rings. The predicted molar refractivity (Wildman–Crippen MR) is 51.2 cm³/mol. The van der Waals surface area contributed by atoms with Crippen LogP contribution in [0.15, 0.2) is 0 Å². The Labute approximate surface area is 94.4 Å². The van der Waals surface area contributed by atoms with Gasteiger partial charge in [0.1, 0.15) is 0 Å². The smallest absolute Gasteiger partial charge is 0.251 e. The molecule has 0 aliphatic carbocycles. The van der Waals surface area contributed by atoms with Crippen LogP contribution in [0.1, 0.15) is 6.92 Å². The summed E-state index contributed by atoms with van der Waals surface area (Å²) >= 11 is 32.3. The largest absolute Gasteiger partial charge is 0.360 e. The fourth-order valence-electron chi connectivity index (χ4n) is 0.264. The van der Waals surface area contributed by atoms with Gasteiger partial charge in [-0.25, -0.2) is 0 Å². The average Bonchev–Trinajstić information content (AvgIpc) is 1.58. The van der Waals surface area contributed by atoms with E-state index in [2.05, 4.69) is 0 Å². The van der Waals surface area contributed by atoms with Crippen molar-refractivity contribution in [1.82, 2.24) is 0 Å². The van der Waals surface area contributed by atoms with E-state index in [1.165, 1.54) is 6.92 Å². The highest BCUT2D eigenvalue weighted by Gasteiger charge is 2.57. The van der Waals surface area contributed by atoms with Crippen LogP contribution in [0.4, 0.5) is 0 Å². The SMILES string of the molecule is CC(Cl)(Cl)C(Cl)(Cl)C(O)(Cl)Cl. The number of aliphatic hydroxyl groups is 1. The summed E-state index contributed by atoms with van der Waals surface area (Å²) in [4.78, 5) is 0. The van der Waals surface area contributed by atoms with Crippen LogP contribution in [0, 0.1) is 0 Å². The highest BCUT2D eigenvalue weighted by molar-refractivity contribution is 6.68. The van der Waals surface area contributed by atoms with E-state index in [0.717, 1.165) is 0 Å². The van der Waals surface area contributed by atoms with Gasteiger partial charge in [-0.05, 0) is 6.92 Å². The fourth-order valence-corrected chi connectivity index (χ4v) is 1.11. The number of rotatable bonds is 2. The van der Waals surface area contributed by atoms with Crippen molar-refractivity contribution in [3.05, 3.63) is 0 Å². The molecule has 0 aliphatic heterocycles. The van der Waals surface area contributed by atoms with Crippen molar-refractivity contribution in [2.75, 3.05) is 0 Å². The quantitative estimate of drug-likeness (QED) is 0.768. The molecule has 0 aromatic rings. The van der Waals surface area contributed by atoms with Crippen LogP contribution in [0.25, 0.3) is 0 Å². The summed E-state index contributed by atoms with van der Waals surface area (Å²) in [6.45, 7) is 1.26. The van der Waals surface area contributed by atoms with Crippen molar-refractivity contribution in [2.45, 2.75) is 20.1 Å². The molecule has 0 aromatic heterocycles.